The molecule has 2 N–H and O–H groups in total. The van der Waals surface area contributed by atoms with Gasteiger partial charge < -0.3 is 19.8 Å². The van der Waals surface area contributed by atoms with Crippen LogP contribution in [-0.2, 0) is 12.3 Å². The Hall–Kier alpha value is -1.73. The molecular weight excluding hydrogens is 276 g/mol. The van der Waals surface area contributed by atoms with E-state index in [0.29, 0.717) is 13.3 Å². The predicted octanol–water partition coefficient (Wildman–Crippen LogP) is 1.57. The molecule has 0 atom stereocenters. The fourth-order valence-corrected chi connectivity index (χ4v) is 2.99. The summed E-state index contributed by atoms with van der Waals surface area (Å²) in [5.74, 6) is 3.31. The van der Waals surface area contributed by atoms with Crippen LogP contribution in [0.5, 0.6) is 11.5 Å². The number of aromatic nitrogens is 3. The molecule has 1 aromatic carbocycles. The Morgan fingerprint density at radius 1 is 1.30 bits per heavy atom. The summed E-state index contributed by atoms with van der Waals surface area (Å²) >= 11 is 1.64. The van der Waals surface area contributed by atoms with Crippen LogP contribution >= 0.6 is 11.8 Å². The molecule has 20 heavy (non-hydrogen) atoms. The van der Waals surface area contributed by atoms with Crippen molar-refractivity contribution < 1.29 is 9.47 Å². The molecule has 7 heteroatoms. The number of aryl methyl sites for hydroxylation is 1. The Bertz CT molecular complexity index is 614. The first-order valence-electron chi connectivity index (χ1n) is 6.39. The number of hydrogen-bond donors (Lipinski definition) is 1. The maximum Gasteiger partial charge on any atom is 0.231 e. The summed E-state index contributed by atoms with van der Waals surface area (Å²) in [5, 5.41) is 9.18. The van der Waals surface area contributed by atoms with E-state index in [4.69, 9.17) is 15.2 Å². The summed E-state index contributed by atoms with van der Waals surface area (Å²) in [6, 6.07) is 5.98. The molecule has 0 unspecified atom stereocenters. The van der Waals surface area contributed by atoms with Crippen molar-refractivity contribution in [2.45, 2.75) is 24.4 Å². The molecule has 0 fully saturated rings. The topological polar surface area (TPSA) is 75.2 Å². The zero-order valence-electron chi connectivity index (χ0n) is 11.2. The third-order valence-corrected chi connectivity index (χ3v) is 4.10. The van der Waals surface area contributed by atoms with Gasteiger partial charge in [-0.1, -0.05) is 17.8 Å². The van der Waals surface area contributed by atoms with Crippen molar-refractivity contribution in [3.05, 3.63) is 29.6 Å². The normalized spacial score (nSPS) is 12.9. The number of rotatable bonds is 5. The maximum absolute atomic E-state index is 5.61. The van der Waals surface area contributed by atoms with Gasteiger partial charge in [-0.25, -0.2) is 0 Å². The van der Waals surface area contributed by atoms with E-state index >= 15 is 0 Å². The highest BCUT2D eigenvalue weighted by Gasteiger charge is 2.14. The van der Waals surface area contributed by atoms with Gasteiger partial charge in [-0.05, 0) is 24.6 Å². The highest BCUT2D eigenvalue weighted by atomic mass is 32.2. The lowest BCUT2D eigenvalue weighted by molar-refractivity contribution is 0.174. The highest BCUT2D eigenvalue weighted by Crippen LogP contribution is 2.34. The van der Waals surface area contributed by atoms with E-state index in [1.165, 1.54) is 5.56 Å². The Balaban J connectivity index is 1.70. The van der Waals surface area contributed by atoms with Crippen LogP contribution in [0.3, 0.4) is 0 Å². The van der Waals surface area contributed by atoms with Gasteiger partial charge in [-0.2, -0.15) is 0 Å². The van der Waals surface area contributed by atoms with E-state index in [-0.39, 0.29) is 0 Å². The monoisotopic (exact) mass is 292 g/mol. The van der Waals surface area contributed by atoms with Gasteiger partial charge >= 0.3 is 0 Å². The molecule has 0 aliphatic carbocycles. The maximum atomic E-state index is 5.61. The average molecular weight is 292 g/mol. The highest BCUT2D eigenvalue weighted by molar-refractivity contribution is 7.98. The van der Waals surface area contributed by atoms with Gasteiger partial charge in [-0.3, -0.25) is 0 Å². The lowest BCUT2D eigenvalue weighted by Crippen LogP contribution is -2.12. The number of nitrogens with two attached hydrogens (primary N) is 1. The minimum Gasteiger partial charge on any atom is -0.454 e. The number of benzene rings is 1. The Kier molecular flexibility index (Phi) is 3.79. The lowest BCUT2D eigenvalue weighted by Gasteiger charge is -2.06. The predicted molar refractivity (Wildman–Crippen MR) is 75.9 cm³/mol. The molecule has 2 heterocycles. The van der Waals surface area contributed by atoms with Crippen molar-refractivity contribution in [2.75, 3.05) is 13.3 Å². The third kappa shape index (κ3) is 2.59. The number of thioether (sulfide) groups is 1. The van der Waals surface area contributed by atoms with Crippen LogP contribution in [0.4, 0.5) is 0 Å². The molecular formula is C13H16N4O2S. The Morgan fingerprint density at radius 3 is 3.00 bits per heavy atom. The quantitative estimate of drug-likeness (QED) is 0.843. The van der Waals surface area contributed by atoms with E-state index in [9.17, 15) is 0 Å². The summed E-state index contributed by atoms with van der Waals surface area (Å²) in [6.45, 7) is 3.56. The van der Waals surface area contributed by atoms with Crippen LogP contribution in [-0.4, -0.2) is 28.1 Å². The molecule has 2 aromatic rings. The van der Waals surface area contributed by atoms with Crippen molar-refractivity contribution in [1.82, 2.24) is 14.8 Å². The van der Waals surface area contributed by atoms with Crippen LogP contribution in [0, 0.1) is 6.92 Å². The summed E-state index contributed by atoms with van der Waals surface area (Å²) in [7, 11) is 0. The SMILES string of the molecule is Cc1nnc(SCc2ccc3c(c2)OCO3)n1CCN. The second-order valence-electron chi connectivity index (χ2n) is 4.45. The fourth-order valence-electron chi connectivity index (χ4n) is 2.03. The standard InChI is InChI=1S/C13H16N4O2S/c1-9-15-16-13(17(9)5-4-14)20-7-10-2-3-11-12(6-10)19-8-18-11/h2-3,6H,4-5,7-8,14H2,1H3. The van der Waals surface area contributed by atoms with Crippen molar-refractivity contribution >= 4 is 11.8 Å². The van der Waals surface area contributed by atoms with Crippen molar-refractivity contribution in [3.63, 3.8) is 0 Å². The van der Waals surface area contributed by atoms with Gasteiger partial charge in [-0.15, -0.1) is 10.2 Å². The minimum atomic E-state index is 0.302. The van der Waals surface area contributed by atoms with E-state index in [1.54, 1.807) is 11.8 Å². The van der Waals surface area contributed by atoms with E-state index in [0.717, 1.165) is 34.8 Å². The zero-order valence-corrected chi connectivity index (χ0v) is 12.0. The Labute approximate surface area is 121 Å². The fraction of sp³-hybridized carbons (Fsp3) is 0.385. The van der Waals surface area contributed by atoms with E-state index in [1.807, 2.05) is 29.7 Å². The third-order valence-electron chi connectivity index (χ3n) is 3.06. The molecule has 0 saturated heterocycles. The van der Waals surface area contributed by atoms with Gasteiger partial charge in [0.2, 0.25) is 6.79 Å². The molecule has 0 saturated carbocycles. The zero-order chi connectivity index (χ0) is 13.9. The van der Waals surface area contributed by atoms with Crippen molar-refractivity contribution in [1.29, 1.82) is 0 Å². The molecule has 1 aromatic heterocycles. The largest absolute Gasteiger partial charge is 0.454 e. The summed E-state index contributed by atoms with van der Waals surface area (Å²) in [5.41, 5.74) is 6.78. The van der Waals surface area contributed by atoms with Gasteiger partial charge in [0.25, 0.3) is 0 Å². The van der Waals surface area contributed by atoms with E-state index < -0.39 is 0 Å². The van der Waals surface area contributed by atoms with Crippen molar-refractivity contribution in [3.8, 4) is 11.5 Å². The number of fused-ring (bicyclic) bond motifs is 1. The molecule has 0 amide bonds. The lowest BCUT2D eigenvalue weighted by atomic mass is 10.2. The minimum absolute atomic E-state index is 0.302. The molecule has 106 valence electrons. The van der Waals surface area contributed by atoms with Crippen LogP contribution in [0.2, 0.25) is 0 Å². The van der Waals surface area contributed by atoms with Gasteiger partial charge in [0.15, 0.2) is 16.7 Å². The number of nitrogens with zero attached hydrogens (tertiary/aromatic N) is 3. The smallest absolute Gasteiger partial charge is 0.231 e. The van der Waals surface area contributed by atoms with Crippen LogP contribution in [0.1, 0.15) is 11.4 Å². The van der Waals surface area contributed by atoms with Crippen LogP contribution < -0.4 is 15.2 Å². The number of hydrogen-bond acceptors (Lipinski definition) is 6. The second-order valence-corrected chi connectivity index (χ2v) is 5.39. The van der Waals surface area contributed by atoms with Crippen LogP contribution in [0.25, 0.3) is 0 Å². The number of ether oxygens (including phenoxy) is 2. The molecule has 3 rings (SSSR count). The van der Waals surface area contributed by atoms with Gasteiger partial charge in [0, 0.05) is 18.8 Å². The molecule has 1 aliphatic heterocycles. The average Bonchev–Trinajstić information content (AvgIpc) is 3.05. The van der Waals surface area contributed by atoms with Crippen LogP contribution in [0.15, 0.2) is 23.4 Å². The van der Waals surface area contributed by atoms with Crippen molar-refractivity contribution in [2.24, 2.45) is 5.73 Å². The Morgan fingerprint density at radius 2 is 2.15 bits per heavy atom. The van der Waals surface area contributed by atoms with E-state index in [2.05, 4.69) is 10.2 Å². The molecule has 0 radical (unpaired) electrons. The summed E-state index contributed by atoms with van der Waals surface area (Å²) < 4.78 is 12.7. The molecule has 6 nitrogen and oxygen atoms in total. The van der Waals surface area contributed by atoms with Gasteiger partial charge in [0.05, 0.1) is 0 Å². The molecule has 0 bridgehead atoms. The summed E-state index contributed by atoms with van der Waals surface area (Å²) in [4.78, 5) is 0. The second kappa shape index (κ2) is 5.72. The summed E-state index contributed by atoms with van der Waals surface area (Å²) in [6.07, 6.45) is 0. The molecule has 0 spiro atoms. The first-order chi connectivity index (χ1) is 9.78. The first kappa shape index (κ1) is 13.3. The molecule has 1 aliphatic rings. The van der Waals surface area contributed by atoms with Gasteiger partial charge in [0.1, 0.15) is 5.82 Å². The first-order valence-corrected chi connectivity index (χ1v) is 7.37.